The number of Topliss-reactive ketones (excluding diaryl/α,β-unsaturated/α-hetero) is 1. The second-order valence-corrected chi connectivity index (χ2v) is 9.89. The van der Waals surface area contributed by atoms with Gasteiger partial charge >= 0.3 is 6.18 Å². The van der Waals surface area contributed by atoms with Gasteiger partial charge in [-0.2, -0.15) is 13.2 Å². The van der Waals surface area contributed by atoms with Crippen molar-refractivity contribution >= 4 is 29.0 Å². The van der Waals surface area contributed by atoms with E-state index in [1.807, 2.05) is 30.3 Å². The summed E-state index contributed by atoms with van der Waals surface area (Å²) in [6, 6.07) is 21.2. The first kappa shape index (κ1) is 25.8. The lowest BCUT2D eigenvalue weighted by molar-refractivity contribution is -0.137. The minimum atomic E-state index is -4.55. The molecule has 2 atom stereocenters. The van der Waals surface area contributed by atoms with Gasteiger partial charge in [0.15, 0.2) is 5.78 Å². The number of anilines is 1. The number of alkyl halides is 3. The number of ketones is 1. The summed E-state index contributed by atoms with van der Waals surface area (Å²) in [7, 11) is 0. The van der Waals surface area contributed by atoms with Gasteiger partial charge in [-0.3, -0.25) is 9.59 Å². The molecule has 0 spiro atoms. The van der Waals surface area contributed by atoms with Crippen LogP contribution in [0.4, 0.5) is 18.9 Å². The quantitative estimate of drug-likeness (QED) is 0.366. The third-order valence-corrected chi connectivity index (χ3v) is 7.35. The van der Waals surface area contributed by atoms with E-state index in [-0.39, 0.29) is 29.4 Å². The van der Waals surface area contributed by atoms with Gasteiger partial charge in [0.25, 0.3) is 5.91 Å². The molecule has 1 heterocycles. The van der Waals surface area contributed by atoms with Crippen LogP contribution in [0.5, 0.6) is 0 Å². The predicted octanol–water partition coefficient (Wildman–Crippen LogP) is 7.36. The summed E-state index contributed by atoms with van der Waals surface area (Å²) in [6.45, 7) is 1.73. The van der Waals surface area contributed by atoms with Gasteiger partial charge in [0.1, 0.15) is 0 Å². The zero-order valence-electron chi connectivity index (χ0n) is 20.4. The van der Waals surface area contributed by atoms with Gasteiger partial charge in [0.2, 0.25) is 0 Å². The van der Waals surface area contributed by atoms with Crippen LogP contribution in [0.3, 0.4) is 0 Å². The van der Waals surface area contributed by atoms with E-state index in [1.54, 1.807) is 31.2 Å². The highest BCUT2D eigenvalue weighted by Crippen LogP contribution is 2.47. The fraction of sp³-hybridized carbons (Fsp3) is 0.200. The van der Waals surface area contributed by atoms with E-state index in [4.69, 9.17) is 11.6 Å². The molecule has 1 amide bonds. The molecule has 3 aromatic carbocycles. The fourth-order valence-electron chi connectivity index (χ4n) is 5.29. The summed E-state index contributed by atoms with van der Waals surface area (Å²) >= 11 is 6.58. The van der Waals surface area contributed by atoms with Crippen LogP contribution in [0.25, 0.3) is 0 Å². The average Bonchev–Trinajstić information content (AvgIpc) is 2.88. The zero-order valence-corrected chi connectivity index (χ0v) is 21.2. The van der Waals surface area contributed by atoms with E-state index in [2.05, 4.69) is 10.6 Å². The molecule has 1 aliphatic carbocycles. The molecule has 8 heteroatoms. The number of carbonyl (C=O) groups excluding carboxylic acids is 2. The summed E-state index contributed by atoms with van der Waals surface area (Å²) < 4.78 is 39.7. The van der Waals surface area contributed by atoms with Gasteiger partial charge < -0.3 is 10.6 Å². The number of halogens is 4. The molecule has 0 aromatic heterocycles. The van der Waals surface area contributed by atoms with Crippen molar-refractivity contribution in [2.75, 3.05) is 5.32 Å². The highest BCUT2D eigenvalue weighted by Gasteiger charge is 2.41. The average molecular weight is 537 g/mol. The van der Waals surface area contributed by atoms with Crippen LogP contribution >= 0.6 is 11.6 Å². The van der Waals surface area contributed by atoms with Gasteiger partial charge in [0.05, 0.1) is 5.56 Å². The number of hydrogen-bond acceptors (Lipinski definition) is 3. The van der Waals surface area contributed by atoms with Gasteiger partial charge in [-0.15, -0.1) is 0 Å². The number of benzene rings is 3. The normalized spacial score (nSPS) is 19.7. The lowest BCUT2D eigenvalue weighted by atomic mass is 9.71. The molecule has 3 aromatic rings. The second kappa shape index (κ2) is 10.1. The molecule has 5 rings (SSSR count). The minimum Gasteiger partial charge on any atom is -0.362 e. The van der Waals surface area contributed by atoms with Crippen LogP contribution in [-0.4, -0.2) is 11.7 Å². The smallest absolute Gasteiger partial charge is 0.362 e. The number of dihydropyridines is 1. The first-order valence-corrected chi connectivity index (χ1v) is 12.5. The molecule has 0 bridgehead atoms. The van der Waals surface area contributed by atoms with Gasteiger partial charge in [-0.1, -0.05) is 66.2 Å². The Morgan fingerprint density at radius 2 is 1.68 bits per heavy atom. The van der Waals surface area contributed by atoms with Gasteiger partial charge in [-0.05, 0) is 54.7 Å². The van der Waals surface area contributed by atoms with Crippen molar-refractivity contribution in [3.8, 4) is 0 Å². The summed E-state index contributed by atoms with van der Waals surface area (Å²) in [5, 5.41) is 6.27. The molecular formula is C30H24ClF3N2O2. The topological polar surface area (TPSA) is 58.2 Å². The highest BCUT2D eigenvalue weighted by molar-refractivity contribution is 6.31. The zero-order chi connectivity index (χ0) is 27.0. The van der Waals surface area contributed by atoms with Crippen molar-refractivity contribution in [2.24, 2.45) is 0 Å². The van der Waals surface area contributed by atoms with Gasteiger partial charge in [-0.25, -0.2) is 0 Å². The lowest BCUT2D eigenvalue weighted by Crippen LogP contribution is -2.37. The van der Waals surface area contributed by atoms with Crippen LogP contribution in [-0.2, 0) is 15.8 Å². The third kappa shape index (κ3) is 4.98. The van der Waals surface area contributed by atoms with E-state index < -0.39 is 23.6 Å². The molecule has 38 heavy (non-hydrogen) atoms. The van der Waals surface area contributed by atoms with Crippen molar-refractivity contribution in [1.29, 1.82) is 0 Å². The molecule has 0 fully saturated rings. The summed E-state index contributed by atoms with van der Waals surface area (Å²) in [5.41, 5.74) is 2.71. The third-order valence-electron chi connectivity index (χ3n) is 7.01. The van der Waals surface area contributed by atoms with E-state index in [9.17, 15) is 22.8 Å². The van der Waals surface area contributed by atoms with Crippen LogP contribution in [0.2, 0.25) is 5.02 Å². The Kier molecular flexibility index (Phi) is 6.88. The predicted molar refractivity (Wildman–Crippen MR) is 141 cm³/mol. The SMILES string of the molecule is CC1=C(C(=O)Nc2cccc(C(F)(F)F)c2)[C@@H](c2ccccc2Cl)C2=C(C[C@H](c3ccccc3)CC2=O)N1. The van der Waals surface area contributed by atoms with Crippen LogP contribution in [0.15, 0.2) is 101 Å². The van der Waals surface area contributed by atoms with E-state index >= 15 is 0 Å². The maximum atomic E-state index is 13.7. The molecule has 0 saturated carbocycles. The number of carbonyl (C=O) groups is 2. The lowest BCUT2D eigenvalue weighted by Gasteiger charge is -2.37. The Balaban J connectivity index is 1.55. The number of allylic oxidation sites excluding steroid dienone is 3. The van der Waals surface area contributed by atoms with Gasteiger partial charge in [0, 0.05) is 45.6 Å². The highest BCUT2D eigenvalue weighted by atomic mass is 35.5. The number of nitrogens with one attached hydrogen (secondary N) is 2. The molecule has 1 aliphatic heterocycles. The standard InChI is InChI=1S/C30H24ClF3N2O2/c1-17-26(29(38)36-21-11-7-10-20(16-21)30(32,33)34)27(22-12-5-6-13-23(22)31)28-24(35-17)14-19(15-25(28)37)18-8-3-2-4-9-18/h2-13,16,19,27,35H,14-15H2,1H3,(H,36,38)/t19-,27+/m0/s1. The Morgan fingerprint density at radius 1 is 0.974 bits per heavy atom. The van der Waals surface area contributed by atoms with Crippen molar-refractivity contribution in [2.45, 2.75) is 37.8 Å². The van der Waals surface area contributed by atoms with E-state index in [1.165, 1.54) is 12.1 Å². The van der Waals surface area contributed by atoms with Crippen molar-refractivity contribution in [3.63, 3.8) is 0 Å². The van der Waals surface area contributed by atoms with Crippen LogP contribution < -0.4 is 10.6 Å². The van der Waals surface area contributed by atoms with Crippen molar-refractivity contribution < 1.29 is 22.8 Å². The second-order valence-electron chi connectivity index (χ2n) is 9.48. The molecule has 194 valence electrons. The fourth-order valence-corrected chi connectivity index (χ4v) is 5.54. The summed E-state index contributed by atoms with van der Waals surface area (Å²) in [4.78, 5) is 27.3. The molecule has 0 saturated heterocycles. The number of amides is 1. The van der Waals surface area contributed by atoms with Crippen LogP contribution in [0.1, 0.15) is 48.3 Å². The number of hydrogen-bond donors (Lipinski definition) is 2. The largest absolute Gasteiger partial charge is 0.416 e. The monoisotopic (exact) mass is 536 g/mol. The van der Waals surface area contributed by atoms with E-state index in [0.29, 0.717) is 28.3 Å². The van der Waals surface area contributed by atoms with Crippen LogP contribution in [0, 0.1) is 0 Å². The maximum Gasteiger partial charge on any atom is 0.416 e. The van der Waals surface area contributed by atoms with Crippen molar-refractivity contribution in [1.82, 2.24) is 5.32 Å². The molecule has 2 N–H and O–H groups in total. The molecule has 0 radical (unpaired) electrons. The molecule has 2 aliphatic rings. The summed E-state index contributed by atoms with van der Waals surface area (Å²) in [6.07, 6.45) is -3.70. The first-order valence-electron chi connectivity index (χ1n) is 12.2. The number of rotatable bonds is 4. The van der Waals surface area contributed by atoms with E-state index in [0.717, 1.165) is 23.4 Å². The van der Waals surface area contributed by atoms with Crippen molar-refractivity contribution in [3.05, 3.63) is 123 Å². The first-order chi connectivity index (χ1) is 18.1. The Morgan fingerprint density at radius 3 is 2.39 bits per heavy atom. The molecule has 0 unspecified atom stereocenters. The Labute approximate surface area is 223 Å². The summed E-state index contributed by atoms with van der Waals surface area (Å²) in [5.74, 6) is -1.50. The minimum absolute atomic E-state index is 0.00178. The molecule has 4 nitrogen and oxygen atoms in total. The Hall–Kier alpha value is -3.84. The Bertz CT molecular complexity index is 1480. The molecular weight excluding hydrogens is 513 g/mol. The maximum absolute atomic E-state index is 13.7.